The van der Waals surface area contributed by atoms with Gasteiger partial charge in [-0.3, -0.25) is 23.4 Å². The minimum atomic E-state index is -4.77. The molecule has 0 aromatic rings. The van der Waals surface area contributed by atoms with E-state index in [9.17, 15) is 28.9 Å². The first-order valence-corrected chi connectivity index (χ1v) is 28.9. The van der Waals surface area contributed by atoms with Crippen molar-refractivity contribution in [3.63, 3.8) is 0 Å². The summed E-state index contributed by atoms with van der Waals surface area (Å²) in [5, 5.41) is 9.80. The van der Waals surface area contributed by atoms with Crippen LogP contribution in [0.3, 0.4) is 0 Å². The van der Waals surface area contributed by atoms with Gasteiger partial charge >= 0.3 is 25.7 Å². The van der Waals surface area contributed by atoms with Gasteiger partial charge in [-0.15, -0.1) is 0 Å². The summed E-state index contributed by atoms with van der Waals surface area (Å²) in [6, 6.07) is 0. The van der Waals surface area contributed by atoms with Crippen LogP contribution in [0.25, 0.3) is 0 Å². The average Bonchev–Trinajstić information content (AvgIpc) is 3.37. The van der Waals surface area contributed by atoms with Gasteiger partial charge < -0.3 is 24.2 Å². The maximum absolute atomic E-state index is 12.9. The van der Waals surface area contributed by atoms with Gasteiger partial charge in [-0.1, -0.05) is 181 Å². The van der Waals surface area contributed by atoms with Crippen molar-refractivity contribution in [3.8, 4) is 0 Å². The van der Waals surface area contributed by atoms with Crippen molar-refractivity contribution in [2.45, 2.75) is 213 Å². The summed E-state index contributed by atoms with van der Waals surface area (Å²) in [5.41, 5.74) is 0. The van der Waals surface area contributed by atoms with Gasteiger partial charge in [0.2, 0.25) is 0 Å². The summed E-state index contributed by atoms with van der Waals surface area (Å²) in [6.07, 6.45) is 64.5. The lowest BCUT2D eigenvalue weighted by Crippen LogP contribution is -2.30. The molecule has 12 heteroatoms. The van der Waals surface area contributed by atoms with Crippen LogP contribution < -0.4 is 0 Å². The second kappa shape index (κ2) is 53.2. The number of carbonyl (C=O) groups is 3. The first kappa shape index (κ1) is 67.9. The van der Waals surface area contributed by atoms with Crippen LogP contribution in [0.15, 0.2) is 122 Å². The summed E-state index contributed by atoms with van der Waals surface area (Å²) in [5.74, 6) is -1.57. The number of allylic oxidation sites excluding steroid dienone is 20. The molecule has 0 saturated carbocycles. The predicted molar refractivity (Wildman–Crippen MR) is 297 cm³/mol. The van der Waals surface area contributed by atoms with Crippen molar-refractivity contribution >= 4 is 25.7 Å². The third-order valence-electron chi connectivity index (χ3n) is 10.9. The molecular weight excluding hydrogens is 928 g/mol. The molecule has 0 aliphatic heterocycles. The molecule has 0 rings (SSSR count). The van der Waals surface area contributed by atoms with E-state index >= 15 is 0 Å². The quantitative estimate of drug-likeness (QED) is 0.0197. The van der Waals surface area contributed by atoms with Crippen molar-refractivity contribution in [1.29, 1.82) is 0 Å². The van der Waals surface area contributed by atoms with Crippen LogP contribution in [-0.2, 0) is 42.2 Å². The number of carbonyl (C=O) groups excluding carboxylic acids is 3. The van der Waals surface area contributed by atoms with Crippen LogP contribution in [0.4, 0.5) is 0 Å². The molecule has 11 nitrogen and oxygen atoms in total. The molecule has 3 atom stereocenters. The summed E-state index contributed by atoms with van der Waals surface area (Å²) in [7, 11) is -4.77. The van der Waals surface area contributed by atoms with Crippen molar-refractivity contribution < 1.29 is 52.2 Å². The smallest absolute Gasteiger partial charge is 0.462 e. The SMILES string of the molecule is CC/C=C\C/C=C\C/C=C\C/C=C\CCCCC(=O)OCC(COP(=O)(O)OCC(CO)OC(=O)CCCCCCC/C=C\C/C=C\C/C=C\CC)OC(=O)CCCCCCC/C=C\C/C=C\C/C=C\CC. The van der Waals surface area contributed by atoms with E-state index in [0.29, 0.717) is 19.3 Å². The van der Waals surface area contributed by atoms with Crippen LogP contribution in [0.2, 0.25) is 0 Å². The summed E-state index contributed by atoms with van der Waals surface area (Å²) in [6.45, 7) is 4.19. The van der Waals surface area contributed by atoms with E-state index in [4.69, 9.17) is 23.3 Å². The maximum Gasteiger partial charge on any atom is 0.472 e. The molecule has 0 aromatic carbocycles. The van der Waals surface area contributed by atoms with Crippen molar-refractivity contribution in [3.05, 3.63) is 122 Å². The molecule has 0 radical (unpaired) electrons. The first-order chi connectivity index (χ1) is 35.2. The van der Waals surface area contributed by atoms with E-state index in [2.05, 4.69) is 142 Å². The molecule has 0 aromatic heterocycles. The van der Waals surface area contributed by atoms with Crippen molar-refractivity contribution in [2.24, 2.45) is 0 Å². The van der Waals surface area contributed by atoms with Gasteiger partial charge in [0.05, 0.1) is 19.8 Å². The van der Waals surface area contributed by atoms with Crippen LogP contribution in [-0.4, -0.2) is 66.5 Å². The number of phosphoric ester groups is 1. The number of esters is 3. The number of ether oxygens (including phenoxy) is 3. The van der Waals surface area contributed by atoms with E-state index in [1.807, 2.05) is 0 Å². The van der Waals surface area contributed by atoms with E-state index in [1.165, 1.54) is 0 Å². The Balaban J connectivity index is 4.84. The first-order valence-electron chi connectivity index (χ1n) is 27.4. The Kier molecular flexibility index (Phi) is 50.1. The van der Waals surface area contributed by atoms with E-state index in [-0.39, 0.29) is 25.9 Å². The van der Waals surface area contributed by atoms with Crippen molar-refractivity contribution in [2.75, 3.05) is 26.4 Å². The second-order valence-electron chi connectivity index (χ2n) is 17.6. The number of phosphoric acid groups is 1. The largest absolute Gasteiger partial charge is 0.472 e. The maximum atomic E-state index is 12.9. The standard InChI is InChI=1S/C60H97O11P/c1-4-7-10-13-16-19-22-25-28-31-34-37-40-43-46-49-58(62)67-53-57(71-60(64)51-48-45-42-39-36-33-30-27-24-21-18-15-12-9-6-3)55-69-72(65,66)68-54-56(52-61)70-59(63)50-47-44-41-38-35-32-29-26-23-20-17-14-11-8-5-2/h7-12,16-21,25-30,34,37,56-57,61H,4-6,13-15,22-24,31-33,35-36,38-55H2,1-3H3,(H,65,66)/b10-7-,11-8-,12-9-,19-16-,20-17-,21-18-,28-25-,29-26-,30-27-,37-34-. The van der Waals surface area contributed by atoms with Gasteiger partial charge in [0.1, 0.15) is 12.7 Å². The molecule has 408 valence electrons. The van der Waals surface area contributed by atoms with E-state index < -0.39 is 57.8 Å². The lowest BCUT2D eigenvalue weighted by Gasteiger charge is -2.21. The number of unbranched alkanes of at least 4 members (excludes halogenated alkanes) is 12. The van der Waals surface area contributed by atoms with Crippen molar-refractivity contribution in [1.82, 2.24) is 0 Å². The molecule has 0 saturated heterocycles. The Morgan fingerprint density at radius 3 is 1.07 bits per heavy atom. The Morgan fingerprint density at radius 1 is 0.389 bits per heavy atom. The number of aliphatic hydroxyl groups excluding tert-OH is 1. The zero-order valence-electron chi connectivity index (χ0n) is 44.8. The fraction of sp³-hybridized carbons (Fsp3) is 0.617. The highest BCUT2D eigenvalue weighted by Gasteiger charge is 2.28. The Labute approximate surface area is 437 Å². The Morgan fingerprint density at radius 2 is 0.681 bits per heavy atom. The highest BCUT2D eigenvalue weighted by Crippen LogP contribution is 2.43. The molecule has 3 unspecified atom stereocenters. The molecule has 0 bridgehead atoms. The zero-order chi connectivity index (χ0) is 52.7. The van der Waals surface area contributed by atoms with Gasteiger partial charge in [0.25, 0.3) is 0 Å². The number of hydrogen-bond donors (Lipinski definition) is 2. The normalized spacial score (nSPS) is 14.3. The third-order valence-corrected chi connectivity index (χ3v) is 11.8. The summed E-state index contributed by atoms with van der Waals surface area (Å²) < 4.78 is 39.4. The van der Waals surface area contributed by atoms with Crippen LogP contribution in [0.1, 0.15) is 201 Å². The minimum absolute atomic E-state index is 0.131. The fourth-order valence-corrected chi connectivity index (χ4v) is 7.57. The topological polar surface area (TPSA) is 155 Å². The average molecular weight is 1030 g/mol. The van der Waals surface area contributed by atoms with E-state index in [1.54, 1.807) is 0 Å². The Hall–Kier alpha value is -4.12. The monoisotopic (exact) mass is 1020 g/mol. The highest BCUT2D eigenvalue weighted by molar-refractivity contribution is 7.47. The summed E-state index contributed by atoms with van der Waals surface area (Å²) in [4.78, 5) is 48.5. The van der Waals surface area contributed by atoms with Gasteiger partial charge in [-0.05, 0) is 122 Å². The highest BCUT2D eigenvalue weighted by atomic mass is 31.2. The summed E-state index contributed by atoms with van der Waals surface area (Å²) >= 11 is 0. The van der Waals surface area contributed by atoms with Gasteiger partial charge in [-0.2, -0.15) is 0 Å². The van der Waals surface area contributed by atoms with Crippen LogP contribution >= 0.6 is 7.82 Å². The molecule has 0 amide bonds. The lowest BCUT2D eigenvalue weighted by atomic mass is 10.1. The van der Waals surface area contributed by atoms with Gasteiger partial charge in [-0.25, -0.2) is 4.57 Å². The van der Waals surface area contributed by atoms with Gasteiger partial charge in [0.15, 0.2) is 6.10 Å². The number of aliphatic hydroxyl groups is 1. The molecule has 0 fully saturated rings. The van der Waals surface area contributed by atoms with E-state index in [0.717, 1.165) is 141 Å². The molecule has 0 spiro atoms. The molecule has 0 aliphatic rings. The molecule has 0 aliphatic carbocycles. The molecule has 72 heavy (non-hydrogen) atoms. The van der Waals surface area contributed by atoms with Gasteiger partial charge in [0, 0.05) is 19.3 Å². The third kappa shape index (κ3) is 50.8. The number of hydrogen-bond acceptors (Lipinski definition) is 10. The lowest BCUT2D eigenvalue weighted by molar-refractivity contribution is -0.161. The Bertz CT molecular complexity index is 1670. The predicted octanol–water partition coefficient (Wildman–Crippen LogP) is 16.0. The zero-order valence-corrected chi connectivity index (χ0v) is 45.7. The fourth-order valence-electron chi connectivity index (χ4n) is 6.79. The molecule has 0 heterocycles. The number of rotatable bonds is 49. The second-order valence-corrected chi connectivity index (χ2v) is 19.1. The molecular formula is C60H97O11P. The van der Waals surface area contributed by atoms with Crippen LogP contribution in [0, 0.1) is 0 Å². The minimum Gasteiger partial charge on any atom is -0.462 e. The molecule has 2 N–H and O–H groups in total. The van der Waals surface area contributed by atoms with Crippen LogP contribution in [0.5, 0.6) is 0 Å².